The third kappa shape index (κ3) is 8.91. The second-order valence-electron chi connectivity index (χ2n) is 17.8. The van der Waals surface area contributed by atoms with E-state index in [9.17, 15) is 0 Å². The van der Waals surface area contributed by atoms with Crippen LogP contribution >= 0.6 is 0 Å². The van der Waals surface area contributed by atoms with Crippen LogP contribution in [-0.4, -0.2) is 0 Å². The summed E-state index contributed by atoms with van der Waals surface area (Å²) in [5.41, 5.74) is 12.5. The van der Waals surface area contributed by atoms with E-state index in [2.05, 4.69) is 199 Å². The van der Waals surface area contributed by atoms with Gasteiger partial charge < -0.3 is 8.83 Å². The maximum atomic E-state index is 6.18. The van der Waals surface area contributed by atoms with Gasteiger partial charge >= 0.3 is 26.2 Å². The van der Waals surface area contributed by atoms with E-state index < -0.39 is 0 Å². The first kappa shape index (κ1) is 41.7. The van der Waals surface area contributed by atoms with E-state index in [1.54, 1.807) is 0 Å². The zero-order valence-electron chi connectivity index (χ0n) is 35.8. The molecule has 0 bridgehead atoms. The summed E-state index contributed by atoms with van der Waals surface area (Å²) in [4.78, 5) is 0. The topological polar surface area (TPSA) is 26.3 Å². The van der Waals surface area contributed by atoms with Gasteiger partial charge in [-0.1, -0.05) is 197 Å². The number of rotatable bonds is 6. The van der Waals surface area contributed by atoms with Crippen molar-refractivity contribution in [3.63, 3.8) is 0 Å². The van der Waals surface area contributed by atoms with Gasteiger partial charge in [-0.05, 0) is 57.3 Å². The van der Waals surface area contributed by atoms with Crippen molar-refractivity contribution in [2.75, 3.05) is 0 Å². The zero-order valence-corrected chi connectivity index (χ0v) is 38.2. The molecule has 0 aliphatic rings. The molecule has 8 aromatic carbocycles. The van der Waals surface area contributed by atoms with Crippen LogP contribution < -0.4 is 0 Å². The van der Waals surface area contributed by atoms with Crippen molar-refractivity contribution in [1.82, 2.24) is 0 Å². The summed E-state index contributed by atoms with van der Waals surface area (Å²) in [7, 11) is 0. The minimum Gasteiger partial charge on any atom is -0.491 e. The summed E-state index contributed by atoms with van der Waals surface area (Å²) < 4.78 is 12.4. The molecular weight excluding hydrogens is 820 g/mol. The Hall–Kier alpha value is -6.02. The molecule has 0 spiro atoms. The summed E-state index contributed by atoms with van der Waals surface area (Å²) >= 11 is 0. The predicted molar refractivity (Wildman–Crippen MR) is 254 cm³/mol. The molecule has 0 unspecified atom stereocenters. The SMILES string of the molecule is CC(C)(C)c1ccc(-c2cccc3[cH-]c(-c4ccc(-c5ccccc5)o4)cc23)cc1.CC(C)(C)c1ccc(-c2cccc3[cH-]c(-c4ccc(-c5ccccc5)o4)cc23)cc1.[Zr+2]. The smallest absolute Gasteiger partial charge is 0.491 e. The number of hydrogen-bond donors (Lipinski definition) is 0. The number of fused-ring (bicyclic) bond motifs is 2. The number of benzene rings is 6. The van der Waals surface area contributed by atoms with Crippen LogP contribution in [0.15, 0.2) is 203 Å². The van der Waals surface area contributed by atoms with Crippen LogP contribution in [-0.2, 0) is 37.0 Å². The Bertz CT molecular complexity index is 2800. The molecule has 0 radical (unpaired) electrons. The van der Waals surface area contributed by atoms with Gasteiger partial charge in [-0.3, -0.25) is 0 Å². The molecule has 0 atom stereocenters. The van der Waals surface area contributed by atoms with Gasteiger partial charge in [0.25, 0.3) is 0 Å². The quantitative estimate of drug-likeness (QED) is 0.156. The average molecular weight is 870 g/mol. The third-order valence-corrected chi connectivity index (χ3v) is 11.5. The fourth-order valence-corrected chi connectivity index (χ4v) is 8.06. The second kappa shape index (κ2) is 17.2. The molecule has 0 saturated heterocycles. The first-order chi connectivity index (χ1) is 29.0. The monoisotopic (exact) mass is 868 g/mol. The van der Waals surface area contributed by atoms with Gasteiger partial charge in [-0.2, -0.15) is 0 Å². The Kier molecular flexibility index (Phi) is 11.7. The second-order valence-corrected chi connectivity index (χ2v) is 17.8. The first-order valence-electron chi connectivity index (χ1n) is 20.9. The van der Waals surface area contributed by atoms with Crippen LogP contribution in [0.25, 0.3) is 89.1 Å². The Labute approximate surface area is 379 Å². The molecule has 0 saturated carbocycles. The van der Waals surface area contributed by atoms with Crippen molar-refractivity contribution in [2.24, 2.45) is 0 Å². The van der Waals surface area contributed by atoms with Crippen molar-refractivity contribution < 1.29 is 35.0 Å². The third-order valence-electron chi connectivity index (χ3n) is 11.5. The fourth-order valence-electron chi connectivity index (χ4n) is 8.06. The molecule has 3 heteroatoms. The molecular formula is C58H50O2Zr. The van der Waals surface area contributed by atoms with Gasteiger partial charge in [-0.25, -0.2) is 0 Å². The summed E-state index contributed by atoms with van der Waals surface area (Å²) in [5.74, 6) is 3.60. The first-order valence-corrected chi connectivity index (χ1v) is 20.9. The van der Waals surface area contributed by atoms with E-state index in [-0.39, 0.29) is 37.0 Å². The summed E-state index contributed by atoms with van der Waals surface area (Å²) in [6.45, 7) is 13.5. The molecule has 61 heavy (non-hydrogen) atoms. The molecule has 10 aromatic rings. The molecule has 0 aliphatic heterocycles. The van der Waals surface area contributed by atoms with E-state index >= 15 is 0 Å². The van der Waals surface area contributed by atoms with Crippen LogP contribution in [0, 0.1) is 0 Å². The molecule has 0 N–H and O–H groups in total. The largest absolute Gasteiger partial charge is 2.00 e. The average Bonchev–Trinajstić information content (AvgIpc) is 4.10. The molecule has 2 nitrogen and oxygen atoms in total. The van der Waals surface area contributed by atoms with E-state index in [0.717, 1.165) is 45.3 Å². The van der Waals surface area contributed by atoms with Crippen molar-refractivity contribution >= 4 is 21.5 Å². The maximum Gasteiger partial charge on any atom is 2.00 e. The van der Waals surface area contributed by atoms with E-state index in [4.69, 9.17) is 8.83 Å². The van der Waals surface area contributed by atoms with Crippen LogP contribution in [0.5, 0.6) is 0 Å². The van der Waals surface area contributed by atoms with E-state index in [0.29, 0.717) is 0 Å². The minimum absolute atomic E-state index is 0. The Balaban J connectivity index is 0.000000166. The van der Waals surface area contributed by atoms with Crippen molar-refractivity contribution in [3.05, 3.63) is 205 Å². The summed E-state index contributed by atoms with van der Waals surface area (Å²) in [6, 6.07) is 68.6. The summed E-state index contributed by atoms with van der Waals surface area (Å²) in [6.07, 6.45) is 0. The van der Waals surface area contributed by atoms with Gasteiger partial charge in [-0.15, -0.1) is 57.9 Å². The van der Waals surface area contributed by atoms with Crippen LogP contribution in [0.1, 0.15) is 52.7 Å². The van der Waals surface area contributed by atoms with Crippen molar-refractivity contribution in [2.45, 2.75) is 52.4 Å². The molecule has 2 aromatic heterocycles. The Morgan fingerprint density at radius 2 is 0.705 bits per heavy atom. The molecule has 10 rings (SSSR count). The maximum absolute atomic E-state index is 6.18. The minimum atomic E-state index is 0. The van der Waals surface area contributed by atoms with Crippen LogP contribution in [0.3, 0.4) is 0 Å². The zero-order chi connectivity index (χ0) is 41.4. The number of hydrogen-bond acceptors (Lipinski definition) is 2. The predicted octanol–water partition coefficient (Wildman–Crippen LogP) is 16.9. The summed E-state index contributed by atoms with van der Waals surface area (Å²) in [5, 5.41) is 4.99. The van der Waals surface area contributed by atoms with Crippen LogP contribution in [0.4, 0.5) is 0 Å². The molecule has 2 heterocycles. The van der Waals surface area contributed by atoms with E-state index in [1.165, 1.54) is 54.9 Å². The Morgan fingerprint density at radius 1 is 0.344 bits per heavy atom. The van der Waals surface area contributed by atoms with Gasteiger partial charge in [0.2, 0.25) is 0 Å². The molecule has 298 valence electrons. The van der Waals surface area contributed by atoms with Gasteiger partial charge in [0.15, 0.2) is 0 Å². The van der Waals surface area contributed by atoms with Crippen LogP contribution in [0.2, 0.25) is 0 Å². The van der Waals surface area contributed by atoms with Gasteiger partial charge in [0.05, 0.1) is 11.5 Å². The standard InChI is InChI=1S/2C29H25O.Zr/c2*1-29(2,3)24-14-12-20(13-15-24)25-11-7-10-22-18-23(19-26(22)25)28-17-16-27(30-28)21-8-5-4-6-9-21;/h2*4-19H,1-3H3;/q2*-1;+2. The van der Waals surface area contributed by atoms with Gasteiger partial charge in [0, 0.05) is 11.1 Å². The van der Waals surface area contributed by atoms with Gasteiger partial charge in [0.1, 0.15) is 11.5 Å². The normalized spacial score (nSPS) is 11.6. The van der Waals surface area contributed by atoms with Crippen molar-refractivity contribution in [1.29, 1.82) is 0 Å². The molecule has 0 aliphatic carbocycles. The fraction of sp³-hybridized carbons (Fsp3) is 0.138. The van der Waals surface area contributed by atoms with Crippen molar-refractivity contribution in [3.8, 4) is 67.5 Å². The van der Waals surface area contributed by atoms with E-state index in [1.807, 2.05) is 36.4 Å². The number of furan rings is 2. The molecule has 0 amide bonds. The Morgan fingerprint density at radius 3 is 1.07 bits per heavy atom. The molecule has 0 fully saturated rings.